The topological polar surface area (TPSA) is 81.0 Å². The Morgan fingerprint density at radius 2 is 2.20 bits per heavy atom. The number of hydrogen-bond donors (Lipinski definition) is 1. The normalized spacial score (nSPS) is 10.6. The van der Waals surface area contributed by atoms with Gasteiger partial charge in [0.1, 0.15) is 0 Å². The lowest BCUT2D eigenvalue weighted by Crippen LogP contribution is -2.29. The molecule has 0 fully saturated rings. The molecular formula is C12H19N7O. The minimum atomic E-state index is 0.486. The molecule has 0 saturated carbocycles. The van der Waals surface area contributed by atoms with Crippen LogP contribution in [0.3, 0.4) is 0 Å². The summed E-state index contributed by atoms with van der Waals surface area (Å²) in [5, 5.41) is 7.09. The second-order valence-electron chi connectivity index (χ2n) is 4.03. The fraction of sp³-hybridized carbons (Fsp3) is 0.500. The van der Waals surface area contributed by atoms with Crippen molar-refractivity contribution in [2.24, 2.45) is 0 Å². The van der Waals surface area contributed by atoms with E-state index in [1.807, 2.05) is 17.9 Å². The summed E-state index contributed by atoms with van der Waals surface area (Å²) >= 11 is 0. The van der Waals surface area contributed by atoms with Crippen molar-refractivity contribution in [3.8, 4) is 5.95 Å². The highest BCUT2D eigenvalue weighted by Crippen LogP contribution is 2.12. The minimum absolute atomic E-state index is 0.486. The molecule has 0 aromatic carbocycles. The first-order chi connectivity index (χ1) is 9.78. The van der Waals surface area contributed by atoms with E-state index >= 15 is 0 Å². The lowest BCUT2D eigenvalue weighted by molar-refractivity contribution is 0.205. The van der Waals surface area contributed by atoms with Gasteiger partial charge in [0.05, 0.1) is 6.61 Å². The zero-order chi connectivity index (χ0) is 14.4. The molecule has 2 aromatic rings. The van der Waals surface area contributed by atoms with E-state index in [1.54, 1.807) is 31.2 Å². The van der Waals surface area contributed by atoms with Crippen LogP contribution in [0.1, 0.15) is 6.92 Å². The summed E-state index contributed by atoms with van der Waals surface area (Å²) in [4.78, 5) is 15.2. The fourth-order valence-electron chi connectivity index (χ4n) is 1.70. The van der Waals surface area contributed by atoms with E-state index in [0.29, 0.717) is 24.5 Å². The van der Waals surface area contributed by atoms with Gasteiger partial charge in [-0.15, -0.1) is 0 Å². The van der Waals surface area contributed by atoms with Crippen molar-refractivity contribution in [2.45, 2.75) is 6.92 Å². The van der Waals surface area contributed by atoms with E-state index in [0.717, 1.165) is 13.1 Å². The largest absolute Gasteiger partial charge is 0.383 e. The molecule has 2 aromatic heterocycles. The van der Waals surface area contributed by atoms with Crippen LogP contribution in [0.5, 0.6) is 0 Å². The number of methoxy groups -OCH3 is 1. The molecule has 0 aliphatic heterocycles. The first kappa shape index (κ1) is 14.2. The van der Waals surface area contributed by atoms with Crippen LogP contribution < -0.4 is 10.2 Å². The highest BCUT2D eigenvalue weighted by Gasteiger charge is 2.12. The lowest BCUT2D eigenvalue weighted by atomic mass is 10.5. The summed E-state index contributed by atoms with van der Waals surface area (Å²) in [6.07, 6.45) is 3.48. The summed E-state index contributed by atoms with van der Waals surface area (Å²) in [6, 6.07) is 1.82. The molecule has 0 atom stereocenters. The van der Waals surface area contributed by atoms with Crippen LogP contribution in [0.4, 0.5) is 11.9 Å². The van der Waals surface area contributed by atoms with Gasteiger partial charge in [-0.2, -0.15) is 20.1 Å². The summed E-state index contributed by atoms with van der Waals surface area (Å²) in [5.74, 6) is 1.60. The fourth-order valence-corrected chi connectivity index (χ4v) is 1.70. The van der Waals surface area contributed by atoms with Gasteiger partial charge >= 0.3 is 0 Å². The number of ether oxygens (including phenoxy) is 1. The molecule has 8 heteroatoms. The van der Waals surface area contributed by atoms with Crippen molar-refractivity contribution in [3.05, 3.63) is 18.5 Å². The van der Waals surface area contributed by atoms with Crippen molar-refractivity contribution in [2.75, 3.05) is 44.1 Å². The Kier molecular flexibility index (Phi) is 4.83. The molecule has 0 unspecified atom stereocenters. The third-order valence-electron chi connectivity index (χ3n) is 2.77. The zero-order valence-electron chi connectivity index (χ0n) is 11.9. The smallest absolute Gasteiger partial charge is 0.257 e. The number of likely N-dealkylation sites (N-methyl/N-ethyl adjacent to an activating group) is 1. The van der Waals surface area contributed by atoms with E-state index < -0.39 is 0 Å². The van der Waals surface area contributed by atoms with Gasteiger partial charge in [-0.25, -0.2) is 4.68 Å². The number of hydrogen-bond acceptors (Lipinski definition) is 7. The molecule has 0 aliphatic rings. The second kappa shape index (κ2) is 6.80. The Balaban J connectivity index is 2.34. The maximum absolute atomic E-state index is 5.11. The van der Waals surface area contributed by atoms with Crippen LogP contribution in [-0.4, -0.2) is 58.6 Å². The maximum Gasteiger partial charge on any atom is 0.257 e. The number of nitrogens with one attached hydrogen (secondary N) is 1. The standard InChI is InChI=1S/C12H19N7O/c1-4-18(8-9-20-3)11-15-10(13-2)16-12(17-11)19-7-5-6-14-19/h5-7H,4,8-9H2,1-3H3,(H,13,15,16,17). The first-order valence-electron chi connectivity index (χ1n) is 6.46. The molecule has 0 bridgehead atoms. The Morgan fingerprint density at radius 3 is 2.80 bits per heavy atom. The molecule has 0 spiro atoms. The molecule has 0 saturated heterocycles. The van der Waals surface area contributed by atoms with Gasteiger partial charge in [0.15, 0.2) is 0 Å². The maximum atomic E-state index is 5.11. The number of anilines is 2. The van der Waals surface area contributed by atoms with Crippen LogP contribution in [0.2, 0.25) is 0 Å². The average molecular weight is 277 g/mol. The van der Waals surface area contributed by atoms with Gasteiger partial charge < -0.3 is 15.0 Å². The van der Waals surface area contributed by atoms with Gasteiger partial charge in [-0.1, -0.05) is 0 Å². The molecule has 2 heterocycles. The van der Waals surface area contributed by atoms with Gasteiger partial charge in [0.25, 0.3) is 5.95 Å². The molecular weight excluding hydrogens is 258 g/mol. The third-order valence-corrected chi connectivity index (χ3v) is 2.77. The molecule has 8 nitrogen and oxygen atoms in total. The van der Waals surface area contributed by atoms with Crippen molar-refractivity contribution in [3.63, 3.8) is 0 Å². The van der Waals surface area contributed by atoms with E-state index in [2.05, 4.69) is 25.4 Å². The molecule has 108 valence electrons. The number of aromatic nitrogens is 5. The van der Waals surface area contributed by atoms with E-state index in [9.17, 15) is 0 Å². The van der Waals surface area contributed by atoms with Crippen molar-refractivity contribution < 1.29 is 4.74 Å². The van der Waals surface area contributed by atoms with Crippen LogP contribution in [0.25, 0.3) is 5.95 Å². The van der Waals surface area contributed by atoms with Gasteiger partial charge in [0, 0.05) is 39.6 Å². The van der Waals surface area contributed by atoms with Crippen molar-refractivity contribution >= 4 is 11.9 Å². The summed E-state index contributed by atoms with van der Waals surface area (Å²) in [5.41, 5.74) is 0. The molecule has 2 rings (SSSR count). The first-order valence-corrected chi connectivity index (χ1v) is 6.46. The van der Waals surface area contributed by atoms with Gasteiger partial charge in [0.2, 0.25) is 11.9 Å². The van der Waals surface area contributed by atoms with Crippen molar-refractivity contribution in [1.82, 2.24) is 24.7 Å². The summed E-state index contributed by atoms with van der Waals surface area (Å²) in [7, 11) is 3.45. The lowest BCUT2D eigenvalue weighted by Gasteiger charge is -2.20. The SMILES string of the molecule is CCN(CCOC)c1nc(NC)nc(-n2cccn2)n1. The Morgan fingerprint density at radius 1 is 1.35 bits per heavy atom. The van der Waals surface area contributed by atoms with E-state index in [-0.39, 0.29) is 0 Å². The van der Waals surface area contributed by atoms with Crippen LogP contribution in [0, 0.1) is 0 Å². The zero-order valence-corrected chi connectivity index (χ0v) is 11.9. The van der Waals surface area contributed by atoms with E-state index in [4.69, 9.17) is 4.74 Å². The molecule has 0 amide bonds. The average Bonchev–Trinajstić information content (AvgIpc) is 3.02. The molecule has 20 heavy (non-hydrogen) atoms. The predicted octanol–water partition coefficient (Wildman–Crippen LogP) is 0.572. The van der Waals surface area contributed by atoms with Crippen LogP contribution in [-0.2, 0) is 4.74 Å². The highest BCUT2D eigenvalue weighted by molar-refractivity contribution is 5.39. The summed E-state index contributed by atoms with van der Waals surface area (Å²) in [6.45, 7) is 4.17. The minimum Gasteiger partial charge on any atom is -0.383 e. The monoisotopic (exact) mass is 277 g/mol. The Hall–Kier alpha value is -2.22. The third kappa shape index (κ3) is 3.21. The number of nitrogens with zero attached hydrogens (tertiary/aromatic N) is 6. The molecule has 0 radical (unpaired) electrons. The Bertz CT molecular complexity index is 529. The number of rotatable bonds is 7. The summed E-state index contributed by atoms with van der Waals surface area (Å²) < 4.78 is 6.72. The van der Waals surface area contributed by atoms with Gasteiger partial charge in [-0.05, 0) is 13.0 Å². The highest BCUT2D eigenvalue weighted by atomic mass is 16.5. The second-order valence-corrected chi connectivity index (χ2v) is 4.03. The van der Waals surface area contributed by atoms with Crippen LogP contribution in [0.15, 0.2) is 18.5 Å². The molecule has 0 aliphatic carbocycles. The van der Waals surface area contributed by atoms with Gasteiger partial charge in [-0.3, -0.25) is 0 Å². The predicted molar refractivity (Wildman–Crippen MR) is 76.3 cm³/mol. The van der Waals surface area contributed by atoms with Crippen molar-refractivity contribution in [1.29, 1.82) is 0 Å². The Labute approximate surface area is 117 Å². The molecule has 1 N–H and O–H groups in total. The van der Waals surface area contributed by atoms with Crippen LogP contribution >= 0.6 is 0 Å². The quantitative estimate of drug-likeness (QED) is 0.792. The van der Waals surface area contributed by atoms with E-state index in [1.165, 1.54) is 0 Å².